The van der Waals surface area contributed by atoms with E-state index >= 15 is 0 Å². The molecule has 1 rings (SSSR count). The summed E-state index contributed by atoms with van der Waals surface area (Å²) in [4.78, 5) is 23.3. The van der Waals surface area contributed by atoms with Crippen LogP contribution in [0.15, 0.2) is 18.2 Å². The number of carbonyl (C=O) groups is 2. The third-order valence-electron chi connectivity index (χ3n) is 3.07. The van der Waals surface area contributed by atoms with Gasteiger partial charge in [0.15, 0.2) is 0 Å². The van der Waals surface area contributed by atoms with Crippen LogP contribution in [0, 0.1) is 0 Å². The van der Waals surface area contributed by atoms with E-state index in [9.17, 15) is 14.7 Å². The number of anilines is 1. The Kier molecular flexibility index (Phi) is 10.5. The van der Waals surface area contributed by atoms with Gasteiger partial charge in [-0.2, -0.15) is 0 Å². The first-order valence-corrected chi connectivity index (χ1v) is 8.67. The molecule has 4 N–H and O–H groups in total. The lowest BCUT2D eigenvalue weighted by Crippen LogP contribution is -2.27. The number of phenolic OH excluding ortho intramolecular Hbond substituents is 1. The highest BCUT2D eigenvalue weighted by molar-refractivity contribution is 5.88. The molecule has 0 atom stereocenters. The van der Waals surface area contributed by atoms with E-state index in [1.54, 1.807) is 32.9 Å². The van der Waals surface area contributed by atoms with Gasteiger partial charge in [0.1, 0.15) is 17.1 Å². The molecule has 0 spiro atoms. The van der Waals surface area contributed by atoms with E-state index in [0.29, 0.717) is 5.56 Å². The van der Waals surface area contributed by atoms with E-state index in [4.69, 9.17) is 10.5 Å². The number of carbonyl (C=O) groups excluding carboxylic acids is 2. The maximum Gasteiger partial charge on any atom is 0.412 e. The number of Topliss-reactive ketones (excluding diaryl/α,β-unsaturated/α-hetero) is 1. The summed E-state index contributed by atoms with van der Waals surface area (Å²) in [6, 6.07) is 4.82. The van der Waals surface area contributed by atoms with E-state index in [0.717, 1.165) is 0 Å². The maximum absolute atomic E-state index is 11.7. The van der Waals surface area contributed by atoms with Crippen molar-refractivity contribution in [3.8, 4) is 5.75 Å². The number of hydrogen-bond acceptors (Lipinski definition) is 5. The summed E-state index contributed by atoms with van der Waals surface area (Å²) < 4.78 is 5.11. The molecule has 0 saturated carbocycles. The SMILES string of the molecule is CC(C)(C)OC(=O)Nc1cccc(CC(=O)CCN)c1O.CCCC. The Morgan fingerprint density at radius 2 is 1.80 bits per heavy atom. The molecule has 1 amide bonds. The lowest BCUT2D eigenvalue weighted by molar-refractivity contribution is -0.118. The smallest absolute Gasteiger partial charge is 0.412 e. The summed E-state index contributed by atoms with van der Waals surface area (Å²) >= 11 is 0. The van der Waals surface area contributed by atoms with Crippen LogP contribution in [0.5, 0.6) is 5.75 Å². The quantitative estimate of drug-likeness (QED) is 0.672. The van der Waals surface area contributed by atoms with Crippen molar-refractivity contribution in [1.82, 2.24) is 0 Å². The van der Waals surface area contributed by atoms with E-state index in [1.165, 1.54) is 18.9 Å². The number of ketones is 1. The van der Waals surface area contributed by atoms with Crippen LogP contribution in [0.2, 0.25) is 0 Å². The molecule has 6 heteroatoms. The molecule has 142 valence electrons. The number of para-hydroxylation sites is 1. The highest BCUT2D eigenvalue weighted by Gasteiger charge is 2.18. The number of ether oxygens (including phenoxy) is 1. The first kappa shape index (κ1) is 22.9. The Balaban J connectivity index is 0.00000129. The minimum Gasteiger partial charge on any atom is -0.505 e. The van der Waals surface area contributed by atoms with Crippen LogP contribution < -0.4 is 11.1 Å². The second kappa shape index (κ2) is 11.5. The molecule has 0 aliphatic rings. The lowest BCUT2D eigenvalue weighted by Gasteiger charge is -2.20. The highest BCUT2D eigenvalue weighted by atomic mass is 16.6. The van der Waals surface area contributed by atoms with Gasteiger partial charge < -0.3 is 15.6 Å². The molecule has 0 heterocycles. The number of phenols is 1. The van der Waals surface area contributed by atoms with Gasteiger partial charge in [-0.3, -0.25) is 10.1 Å². The van der Waals surface area contributed by atoms with Crippen molar-refractivity contribution in [1.29, 1.82) is 0 Å². The number of rotatable bonds is 6. The number of aromatic hydroxyl groups is 1. The molecule has 1 aromatic carbocycles. The van der Waals surface area contributed by atoms with Crippen LogP contribution in [-0.2, 0) is 16.0 Å². The second-order valence-electron chi connectivity index (χ2n) is 6.69. The summed E-state index contributed by atoms with van der Waals surface area (Å²) in [5.41, 5.74) is 5.35. The number of nitrogens with two attached hydrogens (primary N) is 1. The molecule has 0 aliphatic carbocycles. The molecule has 0 radical (unpaired) electrons. The van der Waals surface area contributed by atoms with Crippen molar-refractivity contribution in [3.63, 3.8) is 0 Å². The minimum atomic E-state index is -0.664. The molecule has 0 bridgehead atoms. The van der Waals surface area contributed by atoms with Crippen molar-refractivity contribution >= 4 is 17.6 Å². The molecular weight excluding hydrogens is 320 g/mol. The van der Waals surface area contributed by atoms with Gasteiger partial charge in [0.05, 0.1) is 5.69 Å². The van der Waals surface area contributed by atoms with Gasteiger partial charge in [0.2, 0.25) is 0 Å². The largest absolute Gasteiger partial charge is 0.505 e. The first-order chi connectivity index (χ1) is 11.6. The summed E-state index contributed by atoms with van der Waals surface area (Å²) in [6.45, 7) is 9.87. The summed E-state index contributed by atoms with van der Waals surface area (Å²) in [6.07, 6.45) is 2.30. The van der Waals surface area contributed by atoms with Crippen molar-refractivity contribution in [3.05, 3.63) is 23.8 Å². The summed E-state index contributed by atoms with van der Waals surface area (Å²) in [5, 5.41) is 12.6. The van der Waals surface area contributed by atoms with Gasteiger partial charge in [-0.15, -0.1) is 0 Å². The Hall–Kier alpha value is -2.08. The first-order valence-electron chi connectivity index (χ1n) is 8.67. The van der Waals surface area contributed by atoms with Crippen molar-refractivity contribution < 1.29 is 19.4 Å². The maximum atomic E-state index is 11.7. The molecule has 0 aromatic heterocycles. The van der Waals surface area contributed by atoms with Crippen LogP contribution >= 0.6 is 0 Å². The average Bonchev–Trinajstić information content (AvgIpc) is 2.50. The highest BCUT2D eigenvalue weighted by Crippen LogP contribution is 2.28. The Labute approximate surface area is 150 Å². The van der Waals surface area contributed by atoms with Crippen molar-refractivity contribution in [2.24, 2.45) is 5.73 Å². The number of hydrogen-bond donors (Lipinski definition) is 3. The zero-order chi connectivity index (χ0) is 19.5. The van der Waals surface area contributed by atoms with Gasteiger partial charge in [0.25, 0.3) is 0 Å². The molecule has 0 aliphatic heterocycles. The van der Waals surface area contributed by atoms with E-state index in [1.807, 2.05) is 0 Å². The van der Waals surface area contributed by atoms with Crippen LogP contribution in [0.4, 0.5) is 10.5 Å². The normalized spacial score (nSPS) is 10.5. The number of unbranched alkanes of at least 4 members (excludes halogenated alkanes) is 1. The van der Waals surface area contributed by atoms with Crippen LogP contribution in [-0.4, -0.2) is 29.1 Å². The molecular formula is C19H32N2O4. The molecule has 0 saturated heterocycles. The zero-order valence-electron chi connectivity index (χ0n) is 16.0. The molecule has 25 heavy (non-hydrogen) atoms. The molecule has 1 aromatic rings. The van der Waals surface area contributed by atoms with Gasteiger partial charge in [-0.25, -0.2) is 4.79 Å². The molecule has 0 fully saturated rings. The number of nitrogens with one attached hydrogen (secondary N) is 1. The summed E-state index contributed by atoms with van der Waals surface area (Å²) in [7, 11) is 0. The molecule has 6 nitrogen and oxygen atoms in total. The minimum absolute atomic E-state index is 0.0674. The topological polar surface area (TPSA) is 102 Å². The molecule has 0 unspecified atom stereocenters. The fraction of sp³-hybridized carbons (Fsp3) is 0.579. The monoisotopic (exact) mass is 352 g/mol. The second-order valence-corrected chi connectivity index (χ2v) is 6.69. The standard InChI is InChI=1S/C15H22N2O4.C4H10/c1-15(2,3)21-14(20)17-12-6-4-5-10(13(12)19)9-11(18)7-8-16;1-3-4-2/h4-6,19H,7-9,16H2,1-3H3,(H,17,20);3-4H2,1-2H3. The predicted octanol–water partition coefficient (Wildman–Crippen LogP) is 4.01. The van der Waals surface area contributed by atoms with Crippen LogP contribution in [0.25, 0.3) is 0 Å². The van der Waals surface area contributed by atoms with E-state index in [2.05, 4.69) is 19.2 Å². The Morgan fingerprint density at radius 1 is 1.20 bits per heavy atom. The average molecular weight is 352 g/mol. The fourth-order valence-electron chi connectivity index (χ4n) is 1.71. The zero-order valence-corrected chi connectivity index (χ0v) is 16.0. The Bertz CT molecular complexity index is 549. The van der Waals surface area contributed by atoms with E-state index < -0.39 is 11.7 Å². The summed E-state index contributed by atoms with van der Waals surface area (Å²) in [5.74, 6) is -0.198. The third kappa shape index (κ3) is 10.4. The van der Waals surface area contributed by atoms with Gasteiger partial charge in [-0.05, 0) is 33.4 Å². The lowest BCUT2D eigenvalue weighted by atomic mass is 10.0. The van der Waals surface area contributed by atoms with Gasteiger partial charge in [-0.1, -0.05) is 38.8 Å². The van der Waals surface area contributed by atoms with Gasteiger partial charge in [0, 0.05) is 18.4 Å². The van der Waals surface area contributed by atoms with Gasteiger partial charge >= 0.3 is 6.09 Å². The fourth-order valence-corrected chi connectivity index (χ4v) is 1.71. The van der Waals surface area contributed by atoms with Crippen LogP contribution in [0.3, 0.4) is 0 Å². The van der Waals surface area contributed by atoms with Crippen LogP contribution in [0.1, 0.15) is 59.4 Å². The third-order valence-corrected chi connectivity index (χ3v) is 3.07. The predicted molar refractivity (Wildman–Crippen MR) is 101 cm³/mol. The number of amides is 1. The van der Waals surface area contributed by atoms with Crippen molar-refractivity contribution in [2.75, 3.05) is 11.9 Å². The Morgan fingerprint density at radius 3 is 2.28 bits per heavy atom. The van der Waals surface area contributed by atoms with E-state index in [-0.39, 0.29) is 36.6 Å². The van der Waals surface area contributed by atoms with Crippen molar-refractivity contribution in [2.45, 2.75) is 65.9 Å². The number of benzene rings is 1.